The molecule has 0 saturated carbocycles. The Labute approximate surface area is 198 Å². The highest BCUT2D eigenvalue weighted by atomic mass is 19.1. The fourth-order valence-corrected chi connectivity index (χ4v) is 4.86. The molecule has 1 aromatic heterocycles. The number of amides is 1. The Hall–Kier alpha value is -3.55. The van der Waals surface area contributed by atoms with Gasteiger partial charge in [-0.25, -0.2) is 9.37 Å². The summed E-state index contributed by atoms with van der Waals surface area (Å²) in [5.41, 5.74) is 3.19. The monoisotopic (exact) mass is 464 g/mol. The van der Waals surface area contributed by atoms with E-state index in [0.29, 0.717) is 30.7 Å². The number of halogens is 1. The molecule has 7 nitrogen and oxygen atoms in total. The summed E-state index contributed by atoms with van der Waals surface area (Å²) in [5.74, 6) is -0.400. The maximum atomic E-state index is 13.6. The minimum atomic E-state index is -0.825. The molecule has 1 amide bonds. The van der Waals surface area contributed by atoms with Crippen LogP contribution < -0.4 is 4.74 Å². The van der Waals surface area contributed by atoms with Crippen LogP contribution in [0.1, 0.15) is 55.1 Å². The summed E-state index contributed by atoms with van der Waals surface area (Å²) in [5, 5.41) is 3.40. The lowest BCUT2D eigenvalue weighted by atomic mass is 9.84. The van der Waals surface area contributed by atoms with Gasteiger partial charge >= 0.3 is 0 Å². The van der Waals surface area contributed by atoms with Gasteiger partial charge in [-0.3, -0.25) is 4.79 Å². The second kappa shape index (κ2) is 10.2. The Morgan fingerprint density at radius 2 is 1.94 bits per heavy atom. The number of piperidine rings is 1. The summed E-state index contributed by atoms with van der Waals surface area (Å²) in [6, 6.07) is 10.7. The summed E-state index contributed by atoms with van der Waals surface area (Å²) >= 11 is 0. The van der Waals surface area contributed by atoms with E-state index in [0.717, 1.165) is 23.4 Å². The van der Waals surface area contributed by atoms with Crippen LogP contribution in [-0.4, -0.2) is 34.0 Å². The molecule has 0 radical (unpaired) electrons. The minimum Gasteiger partial charge on any atom is -0.495 e. The Morgan fingerprint density at radius 3 is 2.56 bits per heavy atom. The number of likely N-dealkylation sites (tertiary alicyclic amines) is 1. The topological polar surface area (TPSA) is 76.8 Å². The van der Waals surface area contributed by atoms with Gasteiger partial charge in [0.25, 0.3) is 0 Å². The lowest BCUT2D eigenvalue weighted by Crippen LogP contribution is -2.45. The van der Waals surface area contributed by atoms with Crippen LogP contribution >= 0.6 is 0 Å². The van der Waals surface area contributed by atoms with Gasteiger partial charge in [0.1, 0.15) is 17.6 Å². The molecule has 34 heavy (non-hydrogen) atoms. The Morgan fingerprint density at radius 1 is 1.21 bits per heavy atom. The minimum absolute atomic E-state index is 0.0969. The third-order valence-electron chi connectivity index (χ3n) is 6.56. The van der Waals surface area contributed by atoms with E-state index >= 15 is 0 Å². The van der Waals surface area contributed by atoms with E-state index in [9.17, 15) is 14.1 Å². The van der Waals surface area contributed by atoms with Gasteiger partial charge in [-0.1, -0.05) is 30.3 Å². The highest BCUT2D eigenvalue weighted by Gasteiger charge is 2.39. The smallest absolute Gasteiger partial charge is 0.228 e. The van der Waals surface area contributed by atoms with Crippen LogP contribution in [0.4, 0.5) is 4.39 Å². The van der Waals surface area contributed by atoms with Crippen molar-refractivity contribution in [2.75, 3.05) is 13.7 Å². The molecular formula is C26H29FN4O3. The molecule has 178 valence electrons. The number of hydrogen-bond acceptors (Lipinski definition) is 5. The van der Waals surface area contributed by atoms with E-state index in [-0.39, 0.29) is 17.8 Å². The van der Waals surface area contributed by atoms with Crippen molar-refractivity contribution in [1.29, 1.82) is 0 Å². The maximum absolute atomic E-state index is 13.6. The van der Waals surface area contributed by atoms with Gasteiger partial charge in [0.15, 0.2) is 0 Å². The van der Waals surface area contributed by atoms with Crippen LogP contribution in [0, 0.1) is 23.6 Å². The number of ether oxygens (including phenoxy) is 1. The molecule has 0 N–H and O–H groups in total. The Balaban J connectivity index is 1.62. The van der Waals surface area contributed by atoms with Gasteiger partial charge in [0, 0.05) is 12.7 Å². The van der Waals surface area contributed by atoms with E-state index in [1.807, 2.05) is 41.6 Å². The molecule has 3 unspecified atom stereocenters. The summed E-state index contributed by atoms with van der Waals surface area (Å²) in [4.78, 5) is 31.7. The van der Waals surface area contributed by atoms with Crippen LogP contribution in [0.3, 0.4) is 0 Å². The molecule has 0 spiro atoms. The standard InChI is InChI=1S/C26H29FN4O3/c1-4-22(18-7-10-20(27)11-8-18)31-13-5-6-21(26(31)32)25(29-33)19-9-12-23(24(14-19)34-3)30-15-17(2)28-16-30/h7-12,14-16,21-22,25H,4-6,13H2,1-3H3. The first-order valence-electron chi connectivity index (χ1n) is 11.5. The predicted octanol–water partition coefficient (Wildman–Crippen LogP) is 5.53. The summed E-state index contributed by atoms with van der Waals surface area (Å²) < 4.78 is 20.9. The quantitative estimate of drug-likeness (QED) is 0.411. The van der Waals surface area contributed by atoms with Gasteiger partial charge in [-0.15, -0.1) is 0 Å². The molecule has 0 aliphatic carbocycles. The molecule has 1 aliphatic heterocycles. The van der Waals surface area contributed by atoms with Crippen molar-refractivity contribution in [3.63, 3.8) is 0 Å². The maximum Gasteiger partial charge on any atom is 0.228 e. The number of rotatable bonds is 8. The number of carbonyl (C=O) groups excluding carboxylic acids is 1. The fourth-order valence-electron chi connectivity index (χ4n) is 4.86. The van der Waals surface area contributed by atoms with Crippen LogP contribution in [0.15, 0.2) is 60.2 Å². The van der Waals surface area contributed by atoms with Crippen molar-refractivity contribution in [2.45, 2.75) is 45.2 Å². The molecule has 0 bridgehead atoms. The van der Waals surface area contributed by atoms with E-state index in [1.165, 1.54) is 12.1 Å². The van der Waals surface area contributed by atoms with Crippen molar-refractivity contribution in [1.82, 2.24) is 14.5 Å². The third kappa shape index (κ3) is 4.58. The Kier molecular flexibility index (Phi) is 7.05. The predicted molar refractivity (Wildman–Crippen MR) is 127 cm³/mol. The molecule has 2 heterocycles. The zero-order valence-corrected chi connectivity index (χ0v) is 19.6. The van der Waals surface area contributed by atoms with Crippen molar-refractivity contribution >= 4 is 5.91 Å². The number of imidazole rings is 1. The zero-order chi connectivity index (χ0) is 24.2. The van der Waals surface area contributed by atoms with Crippen LogP contribution in [0.2, 0.25) is 0 Å². The SMILES string of the molecule is CCC(c1ccc(F)cc1)N1CCCC(C(N=O)c2ccc(-n3cnc(C)c3)c(OC)c2)C1=O. The first-order chi connectivity index (χ1) is 16.5. The molecule has 8 heteroatoms. The van der Waals surface area contributed by atoms with Gasteiger partial charge in [-0.05, 0) is 61.6 Å². The number of methoxy groups -OCH3 is 1. The molecule has 3 atom stereocenters. The first-order valence-corrected chi connectivity index (χ1v) is 11.5. The van der Waals surface area contributed by atoms with Gasteiger partial charge < -0.3 is 14.2 Å². The number of nitroso groups, excluding NO2 is 1. The highest BCUT2D eigenvalue weighted by molar-refractivity contribution is 5.81. The average molecular weight is 465 g/mol. The summed E-state index contributed by atoms with van der Waals surface area (Å²) in [6.45, 7) is 4.50. The number of aromatic nitrogens is 2. The molecule has 1 fully saturated rings. The zero-order valence-electron chi connectivity index (χ0n) is 19.6. The molecule has 2 aromatic carbocycles. The fraction of sp³-hybridized carbons (Fsp3) is 0.385. The molecule has 1 saturated heterocycles. The second-order valence-electron chi connectivity index (χ2n) is 8.66. The number of nitrogens with zero attached hydrogens (tertiary/aromatic N) is 4. The number of carbonyl (C=O) groups is 1. The largest absolute Gasteiger partial charge is 0.495 e. The second-order valence-corrected chi connectivity index (χ2v) is 8.66. The molecule has 1 aliphatic rings. The number of aryl methyl sites for hydroxylation is 1. The average Bonchev–Trinajstić information content (AvgIpc) is 3.29. The number of benzene rings is 2. The summed E-state index contributed by atoms with van der Waals surface area (Å²) in [7, 11) is 1.57. The lowest BCUT2D eigenvalue weighted by Gasteiger charge is -2.39. The normalized spacial score (nSPS) is 17.9. The molecular weight excluding hydrogens is 435 g/mol. The molecule has 4 rings (SSSR count). The first kappa shape index (κ1) is 23.6. The van der Waals surface area contributed by atoms with Gasteiger partial charge in [0.05, 0.1) is 36.8 Å². The van der Waals surface area contributed by atoms with E-state index < -0.39 is 12.0 Å². The highest BCUT2D eigenvalue weighted by Crippen LogP contribution is 2.39. The van der Waals surface area contributed by atoms with Gasteiger partial charge in [-0.2, -0.15) is 4.91 Å². The van der Waals surface area contributed by atoms with Crippen LogP contribution in [0.5, 0.6) is 5.75 Å². The van der Waals surface area contributed by atoms with E-state index in [4.69, 9.17) is 4.74 Å². The van der Waals surface area contributed by atoms with Gasteiger partial charge in [0.2, 0.25) is 5.91 Å². The van der Waals surface area contributed by atoms with E-state index in [1.54, 1.807) is 31.6 Å². The van der Waals surface area contributed by atoms with E-state index in [2.05, 4.69) is 10.2 Å². The van der Waals surface area contributed by atoms with Crippen molar-refractivity contribution in [3.05, 3.63) is 82.5 Å². The van der Waals surface area contributed by atoms with Crippen molar-refractivity contribution in [2.24, 2.45) is 11.1 Å². The number of hydrogen-bond donors (Lipinski definition) is 0. The Bertz CT molecular complexity index is 1160. The summed E-state index contributed by atoms with van der Waals surface area (Å²) in [6.07, 6.45) is 5.62. The lowest BCUT2D eigenvalue weighted by molar-refractivity contribution is -0.142. The van der Waals surface area contributed by atoms with Crippen LogP contribution in [-0.2, 0) is 4.79 Å². The third-order valence-corrected chi connectivity index (χ3v) is 6.56. The van der Waals surface area contributed by atoms with Crippen LogP contribution in [0.25, 0.3) is 5.69 Å². The molecule has 3 aromatic rings. The van der Waals surface area contributed by atoms with Crippen molar-refractivity contribution < 1.29 is 13.9 Å². The van der Waals surface area contributed by atoms with Crippen molar-refractivity contribution in [3.8, 4) is 11.4 Å².